The van der Waals surface area contributed by atoms with Crippen LogP contribution in [0.1, 0.15) is 63.0 Å². The molecule has 0 amide bonds. The Bertz CT molecular complexity index is 1440. The number of aromatic carboxylic acids is 1. The molecule has 1 fully saturated rings. The number of rotatable bonds is 7. The van der Waals surface area contributed by atoms with Crippen molar-refractivity contribution in [3.63, 3.8) is 0 Å². The van der Waals surface area contributed by atoms with E-state index in [-0.39, 0.29) is 30.2 Å². The molecule has 8 heteroatoms. The van der Waals surface area contributed by atoms with Gasteiger partial charge in [0.2, 0.25) is 0 Å². The molecule has 1 aliphatic heterocycles. The summed E-state index contributed by atoms with van der Waals surface area (Å²) in [6.45, 7) is 2.05. The van der Waals surface area contributed by atoms with Crippen LogP contribution >= 0.6 is 12.4 Å². The van der Waals surface area contributed by atoms with Crippen molar-refractivity contribution in [2.75, 3.05) is 26.3 Å². The molecule has 0 saturated carbocycles. The molecular weight excluding hydrogens is 542 g/mol. The van der Waals surface area contributed by atoms with E-state index < -0.39 is 17.7 Å². The van der Waals surface area contributed by atoms with Gasteiger partial charge in [0.15, 0.2) is 0 Å². The lowest BCUT2D eigenvalue weighted by Crippen LogP contribution is -2.40. The molecule has 3 aromatic carbocycles. The van der Waals surface area contributed by atoms with Crippen LogP contribution in [0.2, 0.25) is 0 Å². The molecule has 0 aromatic heterocycles. The van der Waals surface area contributed by atoms with Gasteiger partial charge in [-0.05, 0) is 88.4 Å². The molecule has 1 saturated heterocycles. The number of nitrogens with zero attached hydrogens (tertiary/aromatic N) is 1. The summed E-state index contributed by atoms with van der Waals surface area (Å²) in [6, 6.07) is 18.3. The predicted molar refractivity (Wildman–Crippen MR) is 152 cm³/mol. The van der Waals surface area contributed by atoms with Gasteiger partial charge in [-0.3, -0.25) is 9.29 Å². The normalized spacial score (nSPS) is 15.6. The highest BCUT2D eigenvalue weighted by atomic mass is 35.5. The minimum atomic E-state index is -4.51. The Morgan fingerprint density at radius 3 is 2.35 bits per heavy atom. The molecule has 0 bridgehead atoms. The van der Waals surface area contributed by atoms with E-state index in [0.29, 0.717) is 36.8 Å². The highest BCUT2D eigenvalue weighted by Crippen LogP contribution is 2.44. The number of carboxylic acid groups (broad SMARTS) is 1. The average molecular weight is 572 g/mol. The molecule has 3 aromatic rings. The number of hydrogen-bond donors (Lipinski definition) is 1. The Morgan fingerprint density at radius 1 is 0.950 bits per heavy atom. The molecule has 2 aliphatic rings. The number of fused-ring (bicyclic) bond motifs is 1. The van der Waals surface area contributed by atoms with Gasteiger partial charge in [0.05, 0.1) is 17.8 Å². The Labute approximate surface area is 237 Å². The first-order valence-corrected chi connectivity index (χ1v) is 13.1. The first-order valence-electron chi connectivity index (χ1n) is 13.1. The third kappa shape index (κ3) is 6.31. The zero-order chi connectivity index (χ0) is 27.6. The van der Waals surface area contributed by atoms with E-state index in [2.05, 4.69) is 11.0 Å². The number of carboxylic acids is 1. The van der Waals surface area contributed by atoms with E-state index >= 15 is 0 Å². The van der Waals surface area contributed by atoms with Crippen molar-refractivity contribution in [1.29, 1.82) is 0 Å². The highest BCUT2D eigenvalue weighted by Gasteiger charge is 2.35. The van der Waals surface area contributed by atoms with Crippen LogP contribution in [0.5, 0.6) is 0 Å². The van der Waals surface area contributed by atoms with Gasteiger partial charge in [-0.1, -0.05) is 54.6 Å². The van der Waals surface area contributed by atoms with Crippen LogP contribution in [-0.4, -0.2) is 42.3 Å². The lowest BCUT2D eigenvalue weighted by molar-refractivity contribution is -0.137. The van der Waals surface area contributed by atoms with Crippen LogP contribution in [-0.2, 0) is 12.6 Å². The number of aryl methyl sites for hydroxylation is 1. The number of hydrogen-bond acceptors (Lipinski definition) is 2. The molecule has 40 heavy (non-hydrogen) atoms. The Morgan fingerprint density at radius 2 is 1.68 bits per heavy atom. The van der Waals surface area contributed by atoms with Crippen molar-refractivity contribution in [3.05, 3.63) is 111 Å². The Kier molecular flexibility index (Phi) is 9.16. The van der Waals surface area contributed by atoms with Gasteiger partial charge in [-0.2, -0.15) is 13.2 Å². The highest BCUT2D eigenvalue weighted by molar-refractivity contribution is 6.01. The molecule has 1 aliphatic carbocycles. The average Bonchev–Trinajstić information content (AvgIpc) is 3.09. The smallest absolute Gasteiger partial charge is 0.416 e. The van der Waals surface area contributed by atoms with Gasteiger partial charge < -0.3 is 5.11 Å². The summed E-state index contributed by atoms with van der Waals surface area (Å²) in [6.07, 6.45) is -0.269. The zero-order valence-electron chi connectivity index (χ0n) is 21.8. The number of allylic oxidation sites excluding steroid dienone is 1. The molecule has 1 N–H and O–H groups in total. The fraction of sp³-hybridized carbons (Fsp3) is 0.281. The maximum atomic E-state index is 14.1. The second kappa shape index (κ2) is 12.4. The minimum Gasteiger partial charge on any atom is -0.478 e. The lowest BCUT2D eigenvalue weighted by Gasteiger charge is -2.33. The predicted octanol–water partition coefficient (Wildman–Crippen LogP) is 8.18. The van der Waals surface area contributed by atoms with Crippen LogP contribution < -0.4 is 0 Å². The standard InChI is InChI=1S/C32H29F4NO2.ClH/c33-15-4-16-37-19-22(20-37)17-21-9-11-23(12-10-21)30-26-14-13-25(31(38)39)18-24(26)5-3-7-28(30)27-6-1-2-8-29(27)32(34,35)36;/h1-2,6,8-14,17-18H,3-5,7,15-16,19-20H2,(H,38,39);1H. The van der Waals surface area contributed by atoms with Crippen LogP contribution in [0.3, 0.4) is 0 Å². The quantitative estimate of drug-likeness (QED) is 0.291. The summed E-state index contributed by atoms with van der Waals surface area (Å²) in [7, 11) is 0. The molecule has 0 radical (unpaired) electrons. The molecule has 1 heterocycles. The number of alkyl halides is 4. The minimum absolute atomic E-state index is 0. The summed E-state index contributed by atoms with van der Waals surface area (Å²) in [5.41, 5.74) is 5.57. The van der Waals surface area contributed by atoms with Crippen molar-refractivity contribution in [3.8, 4) is 0 Å². The molecule has 210 valence electrons. The van der Waals surface area contributed by atoms with Crippen molar-refractivity contribution in [2.24, 2.45) is 0 Å². The van der Waals surface area contributed by atoms with E-state index in [1.165, 1.54) is 23.8 Å². The summed E-state index contributed by atoms with van der Waals surface area (Å²) < 4.78 is 54.6. The lowest BCUT2D eigenvalue weighted by atomic mass is 9.85. The summed E-state index contributed by atoms with van der Waals surface area (Å²) in [4.78, 5) is 13.8. The van der Waals surface area contributed by atoms with Gasteiger partial charge in [0.1, 0.15) is 0 Å². The van der Waals surface area contributed by atoms with Crippen LogP contribution in [0.25, 0.3) is 17.2 Å². The maximum Gasteiger partial charge on any atom is 0.416 e. The number of carbonyl (C=O) groups is 1. The molecule has 0 spiro atoms. The third-order valence-corrected chi connectivity index (χ3v) is 7.39. The van der Waals surface area contributed by atoms with Crippen molar-refractivity contribution in [2.45, 2.75) is 31.9 Å². The Hall–Kier alpha value is -3.42. The van der Waals surface area contributed by atoms with E-state index in [9.17, 15) is 27.5 Å². The second-order valence-corrected chi connectivity index (χ2v) is 10.1. The number of benzene rings is 3. The third-order valence-electron chi connectivity index (χ3n) is 7.39. The van der Waals surface area contributed by atoms with Crippen LogP contribution in [0.4, 0.5) is 17.6 Å². The summed E-state index contributed by atoms with van der Waals surface area (Å²) in [5, 5.41) is 9.52. The largest absolute Gasteiger partial charge is 0.478 e. The second-order valence-electron chi connectivity index (χ2n) is 10.1. The number of likely N-dealkylation sites (tertiary alicyclic amines) is 1. The van der Waals surface area contributed by atoms with Crippen molar-refractivity contribution >= 4 is 35.6 Å². The zero-order valence-corrected chi connectivity index (χ0v) is 22.6. The molecule has 0 atom stereocenters. The van der Waals surface area contributed by atoms with Gasteiger partial charge in [-0.25, -0.2) is 4.79 Å². The van der Waals surface area contributed by atoms with Crippen LogP contribution in [0, 0.1) is 0 Å². The molecule has 0 unspecified atom stereocenters. The van der Waals surface area contributed by atoms with Gasteiger partial charge >= 0.3 is 12.1 Å². The van der Waals surface area contributed by atoms with E-state index in [1.54, 1.807) is 18.2 Å². The van der Waals surface area contributed by atoms with E-state index in [0.717, 1.165) is 48.0 Å². The Balaban J connectivity index is 0.00000370. The summed E-state index contributed by atoms with van der Waals surface area (Å²) in [5.74, 6) is -1.04. The number of halogens is 5. The fourth-order valence-corrected chi connectivity index (χ4v) is 5.56. The summed E-state index contributed by atoms with van der Waals surface area (Å²) >= 11 is 0. The fourth-order valence-electron chi connectivity index (χ4n) is 5.56. The van der Waals surface area contributed by atoms with Gasteiger partial charge in [0, 0.05) is 19.6 Å². The van der Waals surface area contributed by atoms with Crippen molar-refractivity contribution < 1.29 is 27.5 Å². The first kappa shape index (κ1) is 29.6. The topological polar surface area (TPSA) is 40.5 Å². The van der Waals surface area contributed by atoms with Gasteiger partial charge in [0.25, 0.3) is 0 Å². The molecule has 3 nitrogen and oxygen atoms in total. The maximum absolute atomic E-state index is 14.1. The van der Waals surface area contributed by atoms with Crippen LogP contribution in [0.15, 0.2) is 72.3 Å². The van der Waals surface area contributed by atoms with E-state index in [1.807, 2.05) is 24.3 Å². The first-order chi connectivity index (χ1) is 18.7. The SMILES string of the molecule is Cl.O=C(O)c1ccc2c(c1)CCCC(c1ccccc1C(F)(F)F)=C2c1ccc(C=C2CN(CCCF)C2)cc1. The monoisotopic (exact) mass is 571 g/mol. The van der Waals surface area contributed by atoms with Crippen molar-refractivity contribution in [1.82, 2.24) is 4.90 Å². The molecular formula is C32H30ClF4NO2. The molecule has 5 rings (SSSR count). The van der Waals surface area contributed by atoms with Gasteiger partial charge in [-0.15, -0.1) is 12.4 Å². The van der Waals surface area contributed by atoms with E-state index in [4.69, 9.17) is 0 Å².